The molecular formula is C15H14N2O2. The zero-order valence-corrected chi connectivity index (χ0v) is 10.8. The van der Waals surface area contributed by atoms with Crippen LogP contribution in [0.3, 0.4) is 0 Å². The van der Waals surface area contributed by atoms with Gasteiger partial charge in [-0.25, -0.2) is 4.98 Å². The first-order chi connectivity index (χ1) is 9.19. The number of nitrogens with two attached hydrogens (primary N) is 1. The Morgan fingerprint density at radius 2 is 2.05 bits per heavy atom. The highest BCUT2D eigenvalue weighted by Gasteiger charge is 2.13. The molecule has 0 saturated carbocycles. The number of para-hydroxylation sites is 1. The average molecular weight is 254 g/mol. The van der Waals surface area contributed by atoms with Crippen LogP contribution < -0.4 is 10.5 Å². The lowest BCUT2D eigenvalue weighted by atomic mass is 10.1. The molecule has 96 valence electrons. The van der Waals surface area contributed by atoms with Crippen LogP contribution >= 0.6 is 0 Å². The molecule has 19 heavy (non-hydrogen) atoms. The first-order valence-corrected chi connectivity index (χ1v) is 5.99. The molecule has 1 heterocycles. The zero-order chi connectivity index (χ0) is 13.4. The third-order valence-electron chi connectivity index (χ3n) is 3.09. The Balaban J connectivity index is 2.23. The monoisotopic (exact) mass is 254 g/mol. The van der Waals surface area contributed by atoms with Gasteiger partial charge in [0.15, 0.2) is 11.1 Å². The van der Waals surface area contributed by atoms with Crippen LogP contribution in [0.25, 0.3) is 22.6 Å². The van der Waals surface area contributed by atoms with E-state index in [-0.39, 0.29) is 0 Å². The molecule has 0 aliphatic heterocycles. The Kier molecular flexibility index (Phi) is 2.63. The first kappa shape index (κ1) is 11.6. The Bertz CT molecular complexity index is 747. The van der Waals surface area contributed by atoms with Crippen LogP contribution in [0.5, 0.6) is 5.75 Å². The summed E-state index contributed by atoms with van der Waals surface area (Å²) >= 11 is 0. The quantitative estimate of drug-likeness (QED) is 0.712. The Labute approximate surface area is 110 Å². The highest BCUT2D eigenvalue weighted by atomic mass is 16.5. The van der Waals surface area contributed by atoms with Gasteiger partial charge < -0.3 is 14.9 Å². The second kappa shape index (κ2) is 4.31. The van der Waals surface area contributed by atoms with E-state index < -0.39 is 0 Å². The highest BCUT2D eigenvalue weighted by molar-refractivity contribution is 5.83. The molecule has 0 radical (unpaired) electrons. The Morgan fingerprint density at radius 1 is 1.21 bits per heavy atom. The van der Waals surface area contributed by atoms with Crippen molar-refractivity contribution in [2.24, 2.45) is 0 Å². The van der Waals surface area contributed by atoms with E-state index in [2.05, 4.69) is 4.98 Å². The van der Waals surface area contributed by atoms with Gasteiger partial charge >= 0.3 is 0 Å². The van der Waals surface area contributed by atoms with E-state index in [0.29, 0.717) is 22.9 Å². The minimum Gasteiger partial charge on any atom is -0.494 e. The second-order valence-corrected chi connectivity index (χ2v) is 4.40. The maximum absolute atomic E-state index is 5.82. The minimum atomic E-state index is 0.560. The van der Waals surface area contributed by atoms with Crippen LogP contribution in [0.4, 0.5) is 5.69 Å². The standard InChI is InChI=1S/C15H14N2O2/c1-9-6-7-10(16)8-11(9)15-17-14-12(18-2)4-3-5-13(14)19-15/h3-8H,16H2,1-2H3. The predicted octanol–water partition coefficient (Wildman–Crippen LogP) is 3.39. The van der Waals surface area contributed by atoms with E-state index in [1.807, 2.05) is 43.3 Å². The summed E-state index contributed by atoms with van der Waals surface area (Å²) in [5.74, 6) is 1.26. The zero-order valence-electron chi connectivity index (χ0n) is 10.8. The smallest absolute Gasteiger partial charge is 0.227 e. The molecule has 0 bridgehead atoms. The first-order valence-electron chi connectivity index (χ1n) is 5.99. The Hall–Kier alpha value is -2.49. The number of benzene rings is 2. The van der Waals surface area contributed by atoms with Crippen molar-refractivity contribution in [2.75, 3.05) is 12.8 Å². The van der Waals surface area contributed by atoms with Crippen LogP contribution in [-0.4, -0.2) is 12.1 Å². The fraction of sp³-hybridized carbons (Fsp3) is 0.133. The normalized spacial score (nSPS) is 10.8. The number of hydrogen-bond donors (Lipinski definition) is 1. The lowest BCUT2D eigenvalue weighted by Gasteiger charge is -2.02. The molecule has 0 spiro atoms. The van der Waals surface area contributed by atoms with Gasteiger partial charge in [-0.1, -0.05) is 12.1 Å². The van der Waals surface area contributed by atoms with Gasteiger partial charge in [-0.05, 0) is 36.8 Å². The molecule has 2 aromatic carbocycles. The second-order valence-electron chi connectivity index (χ2n) is 4.40. The fourth-order valence-electron chi connectivity index (χ4n) is 2.07. The molecule has 0 amide bonds. The van der Waals surface area contributed by atoms with Gasteiger partial charge in [-0.2, -0.15) is 0 Å². The van der Waals surface area contributed by atoms with E-state index in [0.717, 1.165) is 16.6 Å². The minimum absolute atomic E-state index is 0.560. The number of hydrogen-bond acceptors (Lipinski definition) is 4. The van der Waals surface area contributed by atoms with Crippen LogP contribution in [0, 0.1) is 6.92 Å². The molecule has 3 aromatic rings. The molecule has 3 rings (SSSR count). The third-order valence-corrected chi connectivity index (χ3v) is 3.09. The largest absolute Gasteiger partial charge is 0.494 e. The topological polar surface area (TPSA) is 61.3 Å². The number of fused-ring (bicyclic) bond motifs is 1. The van der Waals surface area contributed by atoms with Crippen molar-refractivity contribution in [3.8, 4) is 17.2 Å². The summed E-state index contributed by atoms with van der Waals surface area (Å²) in [5, 5.41) is 0. The maximum atomic E-state index is 5.82. The van der Waals surface area contributed by atoms with Crippen LogP contribution in [-0.2, 0) is 0 Å². The molecule has 0 aliphatic rings. The number of nitrogen functional groups attached to an aromatic ring is 1. The van der Waals surface area contributed by atoms with E-state index in [9.17, 15) is 0 Å². The summed E-state index contributed by atoms with van der Waals surface area (Å²) < 4.78 is 11.1. The molecule has 0 aliphatic carbocycles. The van der Waals surface area contributed by atoms with E-state index in [1.54, 1.807) is 7.11 Å². The molecule has 0 unspecified atom stereocenters. The number of rotatable bonds is 2. The number of oxazole rings is 1. The fourth-order valence-corrected chi connectivity index (χ4v) is 2.07. The lowest BCUT2D eigenvalue weighted by molar-refractivity contribution is 0.419. The van der Waals surface area contributed by atoms with Crippen LogP contribution in [0.15, 0.2) is 40.8 Å². The molecule has 0 saturated heterocycles. The molecule has 2 N–H and O–H groups in total. The number of aryl methyl sites for hydroxylation is 1. The van der Waals surface area contributed by atoms with Gasteiger partial charge in [0.25, 0.3) is 0 Å². The van der Waals surface area contributed by atoms with E-state index in [1.165, 1.54) is 0 Å². The van der Waals surface area contributed by atoms with Crippen molar-refractivity contribution in [3.05, 3.63) is 42.0 Å². The molecule has 4 heteroatoms. The van der Waals surface area contributed by atoms with Crippen molar-refractivity contribution in [1.82, 2.24) is 4.98 Å². The highest BCUT2D eigenvalue weighted by Crippen LogP contribution is 2.31. The van der Waals surface area contributed by atoms with Gasteiger partial charge in [0.05, 0.1) is 7.11 Å². The van der Waals surface area contributed by atoms with Crippen LogP contribution in [0.1, 0.15) is 5.56 Å². The molecule has 0 fully saturated rings. The summed E-state index contributed by atoms with van der Waals surface area (Å²) in [6.07, 6.45) is 0. The molecule has 1 aromatic heterocycles. The summed E-state index contributed by atoms with van der Waals surface area (Å²) in [7, 11) is 1.62. The number of aromatic nitrogens is 1. The SMILES string of the molecule is COc1cccc2oc(-c3cc(N)ccc3C)nc12. The molecule has 4 nitrogen and oxygen atoms in total. The number of methoxy groups -OCH3 is 1. The number of nitrogens with zero attached hydrogens (tertiary/aromatic N) is 1. The average Bonchev–Trinajstić information content (AvgIpc) is 2.85. The molecular weight excluding hydrogens is 240 g/mol. The Morgan fingerprint density at radius 3 is 2.84 bits per heavy atom. The van der Waals surface area contributed by atoms with Gasteiger partial charge in [0, 0.05) is 11.3 Å². The summed E-state index contributed by atoms with van der Waals surface area (Å²) in [5.41, 5.74) is 9.91. The van der Waals surface area contributed by atoms with Gasteiger partial charge in [-0.15, -0.1) is 0 Å². The van der Waals surface area contributed by atoms with Crippen molar-refractivity contribution in [2.45, 2.75) is 6.92 Å². The molecule has 0 atom stereocenters. The van der Waals surface area contributed by atoms with Crippen molar-refractivity contribution in [3.63, 3.8) is 0 Å². The van der Waals surface area contributed by atoms with Crippen molar-refractivity contribution >= 4 is 16.8 Å². The van der Waals surface area contributed by atoms with E-state index in [4.69, 9.17) is 14.9 Å². The van der Waals surface area contributed by atoms with Crippen molar-refractivity contribution < 1.29 is 9.15 Å². The lowest BCUT2D eigenvalue weighted by Crippen LogP contribution is -1.89. The van der Waals surface area contributed by atoms with Gasteiger partial charge in [0.2, 0.25) is 5.89 Å². The van der Waals surface area contributed by atoms with Gasteiger partial charge in [0.1, 0.15) is 5.75 Å². The van der Waals surface area contributed by atoms with Crippen molar-refractivity contribution in [1.29, 1.82) is 0 Å². The third kappa shape index (κ3) is 1.91. The summed E-state index contributed by atoms with van der Waals surface area (Å²) in [6.45, 7) is 2.00. The maximum Gasteiger partial charge on any atom is 0.227 e. The van der Waals surface area contributed by atoms with Gasteiger partial charge in [-0.3, -0.25) is 0 Å². The summed E-state index contributed by atoms with van der Waals surface area (Å²) in [6, 6.07) is 11.3. The summed E-state index contributed by atoms with van der Waals surface area (Å²) in [4.78, 5) is 4.51. The van der Waals surface area contributed by atoms with E-state index >= 15 is 0 Å². The number of anilines is 1. The predicted molar refractivity (Wildman–Crippen MR) is 75.1 cm³/mol. The van der Waals surface area contributed by atoms with Crippen LogP contribution in [0.2, 0.25) is 0 Å². The number of ether oxygens (including phenoxy) is 1.